The first kappa shape index (κ1) is 24.5. The standard InChI is InChI=1S/C31H36N2O3/c1-35-29-14-6-5-13-28(29)26-12-7-11-25(21-26)22-31(17-8-20-36-31)30(34)32-27-15-18-33(19-16-27)23-24-9-3-2-4-10-24/h2-7,9-14,21,27H,8,15-20,22-23H2,1H3,(H,32,34). The van der Waals surface area contributed by atoms with Crippen molar-refractivity contribution in [2.75, 3.05) is 26.8 Å². The average Bonchev–Trinajstić information content (AvgIpc) is 3.40. The van der Waals surface area contributed by atoms with Crippen molar-refractivity contribution in [1.29, 1.82) is 0 Å². The number of amides is 1. The molecule has 1 amide bonds. The highest BCUT2D eigenvalue weighted by molar-refractivity contribution is 5.86. The quantitative estimate of drug-likeness (QED) is 0.475. The highest BCUT2D eigenvalue weighted by Gasteiger charge is 2.43. The number of hydrogen-bond donors (Lipinski definition) is 1. The lowest BCUT2D eigenvalue weighted by Gasteiger charge is -2.35. The lowest BCUT2D eigenvalue weighted by molar-refractivity contribution is -0.142. The molecule has 2 aliphatic rings. The first-order valence-corrected chi connectivity index (χ1v) is 13.1. The van der Waals surface area contributed by atoms with Gasteiger partial charge in [0.15, 0.2) is 5.60 Å². The molecule has 3 aromatic carbocycles. The maximum atomic E-state index is 13.6. The van der Waals surface area contributed by atoms with E-state index in [0.29, 0.717) is 13.0 Å². The molecule has 2 heterocycles. The van der Waals surface area contributed by atoms with Gasteiger partial charge in [-0.25, -0.2) is 0 Å². The van der Waals surface area contributed by atoms with Crippen molar-refractivity contribution in [1.82, 2.24) is 10.2 Å². The van der Waals surface area contributed by atoms with E-state index in [1.165, 1.54) is 5.56 Å². The summed E-state index contributed by atoms with van der Waals surface area (Å²) in [6, 6.07) is 27.2. The van der Waals surface area contributed by atoms with Crippen molar-refractivity contribution >= 4 is 5.91 Å². The van der Waals surface area contributed by atoms with Crippen LogP contribution in [0, 0.1) is 0 Å². The van der Waals surface area contributed by atoms with E-state index in [2.05, 4.69) is 70.9 Å². The largest absolute Gasteiger partial charge is 0.496 e. The predicted octanol–water partition coefficient (Wildman–Crippen LogP) is 5.23. The number of carbonyl (C=O) groups is 1. The number of nitrogens with zero attached hydrogens (tertiary/aromatic N) is 1. The van der Waals surface area contributed by atoms with Gasteiger partial charge in [-0.15, -0.1) is 0 Å². The summed E-state index contributed by atoms with van der Waals surface area (Å²) in [5.41, 5.74) is 3.79. The third-order valence-corrected chi connectivity index (χ3v) is 7.52. The zero-order valence-corrected chi connectivity index (χ0v) is 21.1. The Labute approximate surface area is 214 Å². The Morgan fingerprint density at radius 1 is 1.00 bits per heavy atom. The molecule has 2 fully saturated rings. The highest BCUT2D eigenvalue weighted by Crippen LogP contribution is 2.34. The highest BCUT2D eigenvalue weighted by atomic mass is 16.5. The van der Waals surface area contributed by atoms with Crippen LogP contribution >= 0.6 is 0 Å². The van der Waals surface area contributed by atoms with E-state index in [4.69, 9.17) is 9.47 Å². The number of methoxy groups -OCH3 is 1. The molecule has 5 rings (SSSR count). The van der Waals surface area contributed by atoms with Crippen LogP contribution in [0.5, 0.6) is 5.75 Å². The Morgan fingerprint density at radius 3 is 2.50 bits per heavy atom. The van der Waals surface area contributed by atoms with Crippen molar-refractivity contribution in [3.63, 3.8) is 0 Å². The number of para-hydroxylation sites is 1. The molecule has 36 heavy (non-hydrogen) atoms. The number of piperidine rings is 1. The smallest absolute Gasteiger partial charge is 0.252 e. The Bertz CT molecular complexity index is 1150. The molecule has 0 aromatic heterocycles. The maximum absolute atomic E-state index is 13.6. The fourth-order valence-electron chi connectivity index (χ4n) is 5.55. The van der Waals surface area contributed by atoms with E-state index in [0.717, 1.165) is 67.8 Å². The van der Waals surface area contributed by atoms with Crippen LogP contribution in [0.25, 0.3) is 11.1 Å². The zero-order valence-electron chi connectivity index (χ0n) is 21.1. The molecule has 5 nitrogen and oxygen atoms in total. The molecule has 0 bridgehead atoms. The summed E-state index contributed by atoms with van der Waals surface area (Å²) in [4.78, 5) is 16.1. The number of hydrogen-bond acceptors (Lipinski definition) is 4. The molecule has 0 radical (unpaired) electrons. The van der Waals surface area contributed by atoms with E-state index in [1.54, 1.807) is 7.11 Å². The van der Waals surface area contributed by atoms with Crippen LogP contribution in [0.2, 0.25) is 0 Å². The molecule has 0 saturated carbocycles. The molecular weight excluding hydrogens is 448 g/mol. The lowest BCUT2D eigenvalue weighted by atomic mass is 9.88. The van der Waals surface area contributed by atoms with Gasteiger partial charge in [-0.05, 0) is 48.4 Å². The Balaban J connectivity index is 1.23. The number of benzene rings is 3. The van der Waals surface area contributed by atoms with Crippen LogP contribution in [-0.2, 0) is 22.5 Å². The molecule has 0 aliphatic carbocycles. The Kier molecular flexibility index (Phi) is 7.69. The molecule has 1 atom stereocenters. The Morgan fingerprint density at radius 2 is 1.75 bits per heavy atom. The lowest BCUT2D eigenvalue weighted by Crippen LogP contribution is -2.53. The SMILES string of the molecule is COc1ccccc1-c1cccc(CC2(C(=O)NC3CCN(Cc4ccccc4)CC3)CCCO2)c1. The van der Waals surface area contributed by atoms with Crippen molar-refractivity contribution in [3.05, 3.63) is 90.0 Å². The van der Waals surface area contributed by atoms with E-state index in [-0.39, 0.29) is 11.9 Å². The second-order valence-corrected chi connectivity index (χ2v) is 10.0. The van der Waals surface area contributed by atoms with Crippen molar-refractivity contribution in [2.24, 2.45) is 0 Å². The second kappa shape index (κ2) is 11.3. The van der Waals surface area contributed by atoms with Crippen LogP contribution in [0.1, 0.15) is 36.8 Å². The van der Waals surface area contributed by atoms with Gasteiger partial charge < -0.3 is 14.8 Å². The molecule has 2 saturated heterocycles. The van der Waals surface area contributed by atoms with Crippen LogP contribution in [0.15, 0.2) is 78.9 Å². The molecular formula is C31H36N2O3. The molecule has 0 spiro atoms. The van der Waals surface area contributed by atoms with Crippen LogP contribution in [0.4, 0.5) is 0 Å². The van der Waals surface area contributed by atoms with Crippen molar-refractivity contribution in [3.8, 4) is 16.9 Å². The van der Waals surface area contributed by atoms with E-state index in [1.807, 2.05) is 18.2 Å². The minimum Gasteiger partial charge on any atom is -0.496 e. The van der Waals surface area contributed by atoms with Gasteiger partial charge in [-0.3, -0.25) is 9.69 Å². The first-order valence-electron chi connectivity index (χ1n) is 13.1. The van der Waals surface area contributed by atoms with Gasteiger partial charge in [0.25, 0.3) is 5.91 Å². The third-order valence-electron chi connectivity index (χ3n) is 7.52. The summed E-state index contributed by atoms with van der Waals surface area (Å²) < 4.78 is 11.8. The van der Waals surface area contributed by atoms with Crippen LogP contribution in [0.3, 0.4) is 0 Å². The van der Waals surface area contributed by atoms with E-state index >= 15 is 0 Å². The molecule has 1 unspecified atom stereocenters. The monoisotopic (exact) mass is 484 g/mol. The molecule has 5 heteroatoms. The first-order chi connectivity index (χ1) is 17.6. The normalized spacial score (nSPS) is 20.8. The third kappa shape index (κ3) is 5.63. The van der Waals surface area contributed by atoms with Crippen molar-refractivity contribution in [2.45, 2.75) is 50.3 Å². The summed E-state index contributed by atoms with van der Waals surface area (Å²) in [5.74, 6) is 0.891. The van der Waals surface area contributed by atoms with E-state index in [9.17, 15) is 4.79 Å². The minimum absolute atomic E-state index is 0.0456. The fourth-order valence-corrected chi connectivity index (χ4v) is 5.55. The summed E-state index contributed by atoms with van der Waals surface area (Å²) in [6.45, 7) is 3.59. The van der Waals surface area contributed by atoms with Crippen LogP contribution < -0.4 is 10.1 Å². The van der Waals surface area contributed by atoms with Gasteiger partial charge in [0, 0.05) is 44.3 Å². The van der Waals surface area contributed by atoms with E-state index < -0.39 is 5.60 Å². The van der Waals surface area contributed by atoms with Crippen molar-refractivity contribution < 1.29 is 14.3 Å². The topological polar surface area (TPSA) is 50.8 Å². The minimum atomic E-state index is -0.791. The summed E-state index contributed by atoms with van der Waals surface area (Å²) in [6.07, 6.45) is 4.18. The summed E-state index contributed by atoms with van der Waals surface area (Å²) >= 11 is 0. The number of rotatable bonds is 8. The summed E-state index contributed by atoms with van der Waals surface area (Å²) in [5, 5.41) is 3.36. The number of likely N-dealkylation sites (tertiary alicyclic amines) is 1. The molecule has 2 aliphatic heterocycles. The number of ether oxygens (including phenoxy) is 2. The van der Waals surface area contributed by atoms with Gasteiger partial charge in [0.1, 0.15) is 5.75 Å². The molecule has 3 aromatic rings. The maximum Gasteiger partial charge on any atom is 0.252 e. The predicted molar refractivity (Wildman–Crippen MR) is 143 cm³/mol. The van der Waals surface area contributed by atoms with Gasteiger partial charge in [-0.2, -0.15) is 0 Å². The Hall–Kier alpha value is -3.15. The van der Waals surface area contributed by atoms with Gasteiger partial charge in [0.2, 0.25) is 0 Å². The molecule has 188 valence electrons. The van der Waals surface area contributed by atoms with Gasteiger partial charge in [0.05, 0.1) is 7.11 Å². The number of carbonyl (C=O) groups excluding carboxylic acids is 1. The van der Waals surface area contributed by atoms with Crippen LogP contribution in [-0.4, -0.2) is 49.3 Å². The zero-order chi connectivity index (χ0) is 24.8. The van der Waals surface area contributed by atoms with Gasteiger partial charge in [-0.1, -0.05) is 72.8 Å². The van der Waals surface area contributed by atoms with Gasteiger partial charge >= 0.3 is 0 Å². The second-order valence-electron chi connectivity index (χ2n) is 10.0. The average molecular weight is 485 g/mol. The number of nitrogens with one attached hydrogen (secondary N) is 1. The fraction of sp³-hybridized carbons (Fsp3) is 0.387. The summed E-state index contributed by atoms with van der Waals surface area (Å²) in [7, 11) is 1.69. The molecule has 1 N–H and O–H groups in total.